The minimum absolute atomic E-state index is 0.0107. The summed E-state index contributed by atoms with van der Waals surface area (Å²) in [5.74, 6) is 0.609. The number of hydrogen-bond acceptors (Lipinski definition) is 6. The summed E-state index contributed by atoms with van der Waals surface area (Å²) in [7, 11) is 3.90. The number of anilines is 1. The van der Waals surface area contributed by atoms with Gasteiger partial charge in [-0.05, 0) is 18.2 Å². The molecular formula is C18H21N7O. The van der Waals surface area contributed by atoms with Gasteiger partial charge in [0.25, 0.3) is 0 Å². The first-order valence-corrected chi connectivity index (χ1v) is 8.52. The van der Waals surface area contributed by atoms with E-state index in [-0.39, 0.29) is 18.5 Å². The second-order valence-electron chi connectivity index (χ2n) is 6.67. The number of hydrogen-bond donors (Lipinski definition) is 2. The molecule has 0 aliphatic carbocycles. The average molecular weight is 351 g/mol. The van der Waals surface area contributed by atoms with E-state index in [2.05, 4.69) is 49.3 Å². The maximum absolute atomic E-state index is 12.6. The van der Waals surface area contributed by atoms with Crippen molar-refractivity contribution in [3.63, 3.8) is 0 Å². The number of nitrogens with zero attached hydrogens (tertiary/aromatic N) is 5. The fourth-order valence-corrected chi connectivity index (χ4v) is 3.48. The summed E-state index contributed by atoms with van der Waals surface area (Å²) in [6.45, 7) is 1.90. The van der Waals surface area contributed by atoms with Crippen LogP contribution in [0.15, 0.2) is 36.9 Å². The number of amides is 1. The van der Waals surface area contributed by atoms with Crippen LogP contribution in [0.5, 0.6) is 0 Å². The summed E-state index contributed by atoms with van der Waals surface area (Å²) < 4.78 is 0. The predicted molar refractivity (Wildman–Crippen MR) is 98.6 cm³/mol. The van der Waals surface area contributed by atoms with Crippen molar-refractivity contribution in [1.82, 2.24) is 30.2 Å². The van der Waals surface area contributed by atoms with Crippen molar-refractivity contribution in [2.45, 2.75) is 12.6 Å². The van der Waals surface area contributed by atoms with Crippen molar-refractivity contribution in [1.29, 1.82) is 0 Å². The third kappa shape index (κ3) is 3.11. The summed E-state index contributed by atoms with van der Waals surface area (Å²) in [4.78, 5) is 32.2. The Morgan fingerprint density at radius 3 is 3.08 bits per heavy atom. The van der Waals surface area contributed by atoms with Gasteiger partial charge in [0, 0.05) is 20.1 Å². The molecule has 8 heteroatoms. The van der Waals surface area contributed by atoms with Gasteiger partial charge in [0.2, 0.25) is 5.91 Å². The molecule has 1 aliphatic rings. The molecule has 1 aromatic carbocycles. The molecule has 0 radical (unpaired) electrons. The Kier molecular flexibility index (Phi) is 4.26. The van der Waals surface area contributed by atoms with E-state index in [1.54, 1.807) is 11.2 Å². The Labute approximate surface area is 151 Å². The van der Waals surface area contributed by atoms with Crippen LogP contribution in [0.25, 0.3) is 11.2 Å². The van der Waals surface area contributed by atoms with E-state index in [1.807, 2.05) is 19.2 Å². The van der Waals surface area contributed by atoms with Crippen molar-refractivity contribution in [2.75, 3.05) is 32.1 Å². The van der Waals surface area contributed by atoms with Crippen LogP contribution in [0.4, 0.5) is 5.82 Å². The molecule has 0 fully saturated rings. The highest BCUT2D eigenvalue weighted by Crippen LogP contribution is 2.25. The van der Waals surface area contributed by atoms with Gasteiger partial charge in [-0.15, -0.1) is 0 Å². The second kappa shape index (κ2) is 6.72. The molecule has 0 saturated heterocycles. The monoisotopic (exact) mass is 351 g/mol. The van der Waals surface area contributed by atoms with Crippen molar-refractivity contribution in [3.05, 3.63) is 48.0 Å². The van der Waals surface area contributed by atoms with E-state index in [4.69, 9.17) is 0 Å². The van der Waals surface area contributed by atoms with E-state index in [0.29, 0.717) is 11.5 Å². The van der Waals surface area contributed by atoms with Crippen molar-refractivity contribution in [3.8, 4) is 0 Å². The molecule has 0 saturated carbocycles. The third-order valence-corrected chi connectivity index (χ3v) is 4.65. The van der Waals surface area contributed by atoms with Gasteiger partial charge in [0.1, 0.15) is 11.8 Å². The summed E-state index contributed by atoms with van der Waals surface area (Å²) in [6.07, 6.45) is 3.03. The maximum atomic E-state index is 12.6. The summed E-state index contributed by atoms with van der Waals surface area (Å²) >= 11 is 0. The molecule has 26 heavy (non-hydrogen) atoms. The molecule has 1 unspecified atom stereocenters. The average Bonchev–Trinajstić information content (AvgIpc) is 3.10. The van der Waals surface area contributed by atoms with Crippen molar-refractivity contribution < 1.29 is 4.79 Å². The fourth-order valence-electron chi connectivity index (χ4n) is 3.48. The standard InChI is InChI=1S/C18H21N7O/c1-24-7-12-5-3-4-6-13(12)14(8-24)23-15(26)9-25(2)18-16-17(20-10-19-16)21-11-22-18/h3-6,10-11,14H,7-9H2,1-2H3,(H,23,26)(H,19,20,21,22). The van der Waals surface area contributed by atoms with E-state index in [0.717, 1.165) is 18.6 Å². The lowest BCUT2D eigenvalue weighted by Gasteiger charge is -2.33. The molecule has 2 aromatic heterocycles. The number of rotatable bonds is 4. The van der Waals surface area contributed by atoms with Gasteiger partial charge in [0.05, 0.1) is 18.9 Å². The highest BCUT2D eigenvalue weighted by molar-refractivity contribution is 5.87. The smallest absolute Gasteiger partial charge is 0.240 e. The van der Waals surface area contributed by atoms with E-state index >= 15 is 0 Å². The Morgan fingerprint density at radius 2 is 2.19 bits per heavy atom. The first-order valence-electron chi connectivity index (χ1n) is 8.52. The van der Waals surface area contributed by atoms with E-state index in [1.165, 1.54) is 17.5 Å². The zero-order chi connectivity index (χ0) is 18.1. The third-order valence-electron chi connectivity index (χ3n) is 4.65. The molecule has 1 amide bonds. The van der Waals surface area contributed by atoms with Gasteiger partial charge in [-0.1, -0.05) is 24.3 Å². The van der Waals surface area contributed by atoms with Gasteiger partial charge in [-0.3, -0.25) is 9.69 Å². The minimum atomic E-state index is -0.0473. The van der Waals surface area contributed by atoms with Gasteiger partial charge in [0.15, 0.2) is 11.5 Å². The zero-order valence-electron chi connectivity index (χ0n) is 14.8. The molecule has 8 nitrogen and oxygen atoms in total. The van der Waals surface area contributed by atoms with Crippen molar-refractivity contribution in [2.24, 2.45) is 0 Å². The molecule has 0 spiro atoms. The van der Waals surface area contributed by atoms with Gasteiger partial charge in [-0.25, -0.2) is 15.0 Å². The fraction of sp³-hybridized carbons (Fsp3) is 0.333. The Morgan fingerprint density at radius 1 is 1.35 bits per heavy atom. The second-order valence-corrected chi connectivity index (χ2v) is 6.67. The predicted octanol–water partition coefficient (Wildman–Crippen LogP) is 1.09. The lowest BCUT2D eigenvalue weighted by Crippen LogP contribution is -2.43. The molecule has 1 aliphatic heterocycles. The van der Waals surface area contributed by atoms with Gasteiger partial charge < -0.3 is 15.2 Å². The SMILES string of the molecule is CN1Cc2ccccc2C(NC(=O)CN(C)c2ncnc3nc[nH]c23)C1. The Balaban J connectivity index is 1.48. The molecule has 3 aromatic rings. The lowest BCUT2D eigenvalue weighted by molar-refractivity contribution is -0.120. The number of imidazole rings is 1. The van der Waals surface area contributed by atoms with Gasteiger partial charge >= 0.3 is 0 Å². The number of carbonyl (C=O) groups is 1. The van der Waals surface area contributed by atoms with Crippen LogP contribution in [-0.2, 0) is 11.3 Å². The topological polar surface area (TPSA) is 90.0 Å². The number of aromatic nitrogens is 4. The molecule has 2 N–H and O–H groups in total. The number of aromatic amines is 1. The van der Waals surface area contributed by atoms with E-state index < -0.39 is 0 Å². The van der Waals surface area contributed by atoms with E-state index in [9.17, 15) is 4.79 Å². The van der Waals surface area contributed by atoms with Crippen LogP contribution in [0, 0.1) is 0 Å². The molecule has 1 atom stereocenters. The molecular weight excluding hydrogens is 330 g/mol. The molecule has 0 bridgehead atoms. The van der Waals surface area contributed by atoms with Crippen LogP contribution < -0.4 is 10.2 Å². The summed E-state index contributed by atoms with van der Waals surface area (Å²) in [5.41, 5.74) is 3.77. The number of carbonyl (C=O) groups excluding carboxylic acids is 1. The Hall–Kier alpha value is -3.00. The molecule has 3 heterocycles. The maximum Gasteiger partial charge on any atom is 0.240 e. The summed E-state index contributed by atoms with van der Waals surface area (Å²) in [5, 5.41) is 3.16. The van der Waals surface area contributed by atoms with Crippen LogP contribution in [0.3, 0.4) is 0 Å². The normalized spacial score (nSPS) is 17.1. The number of likely N-dealkylation sites (N-methyl/N-ethyl adjacent to an activating group) is 2. The molecule has 134 valence electrons. The first kappa shape index (κ1) is 16.5. The number of nitrogens with one attached hydrogen (secondary N) is 2. The quantitative estimate of drug-likeness (QED) is 0.731. The summed E-state index contributed by atoms with van der Waals surface area (Å²) in [6, 6.07) is 8.26. The zero-order valence-corrected chi connectivity index (χ0v) is 14.8. The van der Waals surface area contributed by atoms with Crippen LogP contribution in [0.2, 0.25) is 0 Å². The highest BCUT2D eigenvalue weighted by atomic mass is 16.2. The van der Waals surface area contributed by atoms with Gasteiger partial charge in [-0.2, -0.15) is 0 Å². The number of benzene rings is 1. The largest absolute Gasteiger partial charge is 0.348 e. The highest BCUT2D eigenvalue weighted by Gasteiger charge is 2.25. The van der Waals surface area contributed by atoms with Crippen LogP contribution in [0.1, 0.15) is 17.2 Å². The van der Waals surface area contributed by atoms with Crippen LogP contribution in [-0.4, -0.2) is 57.9 Å². The number of fused-ring (bicyclic) bond motifs is 2. The number of H-pyrrole nitrogens is 1. The molecule has 4 rings (SSSR count). The minimum Gasteiger partial charge on any atom is -0.348 e. The Bertz CT molecular complexity index is 938. The van der Waals surface area contributed by atoms with Crippen molar-refractivity contribution >= 4 is 22.9 Å². The van der Waals surface area contributed by atoms with Crippen LogP contribution >= 0.6 is 0 Å². The lowest BCUT2D eigenvalue weighted by atomic mass is 9.96. The first-order chi connectivity index (χ1) is 12.6.